The van der Waals surface area contributed by atoms with E-state index in [1.807, 2.05) is 30.3 Å². The third kappa shape index (κ3) is 8.21. The van der Waals surface area contributed by atoms with Gasteiger partial charge in [-0.25, -0.2) is 4.79 Å². The molecule has 0 aliphatic carbocycles. The number of esters is 1. The summed E-state index contributed by atoms with van der Waals surface area (Å²) in [5, 5.41) is 24.4. The number of phenolic OH excluding ortho intramolecular Hbond substituents is 1. The number of benzene rings is 2. The van der Waals surface area contributed by atoms with Crippen LogP contribution in [0.5, 0.6) is 11.5 Å². The number of nitrogens with one attached hydrogen (secondary N) is 2. The summed E-state index contributed by atoms with van der Waals surface area (Å²) in [4.78, 5) is 36.2. The zero-order valence-electron chi connectivity index (χ0n) is 18.5. The number of aromatic hydroxyl groups is 1. The second-order valence-electron chi connectivity index (χ2n) is 7.20. The van der Waals surface area contributed by atoms with Crippen LogP contribution in [0.15, 0.2) is 60.8 Å². The predicted octanol–water partition coefficient (Wildman–Crippen LogP) is 1.79. The number of rotatable bonds is 12. The lowest BCUT2D eigenvalue weighted by atomic mass is 10.1. The van der Waals surface area contributed by atoms with Gasteiger partial charge in [-0.05, 0) is 35.9 Å². The highest BCUT2D eigenvalue weighted by Gasteiger charge is 2.27. The van der Waals surface area contributed by atoms with Gasteiger partial charge in [0, 0.05) is 6.42 Å². The summed E-state index contributed by atoms with van der Waals surface area (Å²) < 4.78 is 9.79. The van der Waals surface area contributed by atoms with E-state index in [1.165, 1.54) is 20.4 Å². The lowest BCUT2D eigenvalue weighted by Gasteiger charge is -2.21. The summed E-state index contributed by atoms with van der Waals surface area (Å²) in [7, 11) is 2.68. The average Bonchev–Trinajstić information content (AvgIpc) is 2.80. The minimum absolute atomic E-state index is 0.00626. The minimum atomic E-state index is -1.17. The summed E-state index contributed by atoms with van der Waals surface area (Å²) in [6.45, 7) is 0. The number of amides is 1. The molecule has 0 aliphatic rings. The molecular formula is C24H28N2O7. The van der Waals surface area contributed by atoms with E-state index < -0.39 is 36.4 Å². The van der Waals surface area contributed by atoms with Crippen LogP contribution in [0.1, 0.15) is 17.5 Å². The van der Waals surface area contributed by atoms with Crippen molar-refractivity contribution in [2.75, 3.05) is 14.2 Å². The zero-order valence-corrected chi connectivity index (χ0v) is 18.5. The molecule has 176 valence electrons. The summed E-state index contributed by atoms with van der Waals surface area (Å²) in [6.07, 6.45) is 3.29. The molecule has 0 saturated heterocycles. The quantitative estimate of drug-likeness (QED) is 0.355. The number of ether oxygens (including phenoxy) is 2. The largest absolute Gasteiger partial charge is 0.504 e. The van der Waals surface area contributed by atoms with Crippen molar-refractivity contribution >= 4 is 17.8 Å². The maximum atomic E-state index is 12.8. The Morgan fingerprint density at radius 2 is 1.76 bits per heavy atom. The molecule has 9 heteroatoms. The topological polar surface area (TPSA) is 134 Å². The Kier molecular flexibility index (Phi) is 9.76. The summed E-state index contributed by atoms with van der Waals surface area (Å²) in [6, 6.07) is 12.0. The van der Waals surface area contributed by atoms with Crippen LogP contribution in [0.4, 0.5) is 0 Å². The van der Waals surface area contributed by atoms with Gasteiger partial charge in [0.05, 0.1) is 20.6 Å². The van der Waals surface area contributed by atoms with Crippen LogP contribution in [0.3, 0.4) is 0 Å². The number of carboxylic acids is 1. The Labute approximate surface area is 192 Å². The molecule has 0 unspecified atom stereocenters. The lowest BCUT2D eigenvalue weighted by Crippen LogP contribution is -2.51. The molecule has 0 radical (unpaired) electrons. The molecule has 0 saturated carbocycles. The number of carbonyl (C=O) groups excluding carboxylic acids is 2. The van der Waals surface area contributed by atoms with Gasteiger partial charge in [0.25, 0.3) is 0 Å². The molecular weight excluding hydrogens is 428 g/mol. The fourth-order valence-electron chi connectivity index (χ4n) is 3.10. The molecule has 0 heterocycles. The summed E-state index contributed by atoms with van der Waals surface area (Å²) in [5.74, 6) is -2.08. The van der Waals surface area contributed by atoms with Crippen molar-refractivity contribution in [3.8, 4) is 11.5 Å². The van der Waals surface area contributed by atoms with Crippen LogP contribution >= 0.6 is 0 Å². The second-order valence-corrected chi connectivity index (χ2v) is 7.20. The fraction of sp³-hybridized carbons (Fsp3) is 0.292. The number of aliphatic carboxylic acids is 1. The molecule has 2 aromatic rings. The third-order valence-corrected chi connectivity index (χ3v) is 4.79. The zero-order chi connectivity index (χ0) is 24.2. The molecule has 1 amide bonds. The van der Waals surface area contributed by atoms with Crippen molar-refractivity contribution in [3.63, 3.8) is 0 Å². The van der Waals surface area contributed by atoms with Gasteiger partial charge in [0.1, 0.15) is 12.1 Å². The molecule has 2 aromatic carbocycles. The molecule has 0 bridgehead atoms. The van der Waals surface area contributed by atoms with Gasteiger partial charge in [-0.3, -0.25) is 9.59 Å². The number of hydrogen-bond acceptors (Lipinski definition) is 7. The first-order valence-corrected chi connectivity index (χ1v) is 10.2. The molecule has 33 heavy (non-hydrogen) atoms. The standard InChI is InChI=1S/C24H28N2O7/c1-32-21-11-10-17(14-20(21)27)9-6-12-25-18(15-22(28)29)23(30)26-19(24(31)33-2)13-16-7-4-3-5-8-16/h3-8,10-12,14,18-19,25,27H,9,13,15H2,1-2H3,(H,26,30)(H,28,29)/t18-,19-/m0/s1. The van der Waals surface area contributed by atoms with Crippen molar-refractivity contribution in [2.45, 2.75) is 31.3 Å². The SMILES string of the molecule is COC(=O)[C@H](Cc1ccccc1)NC(=O)[C@H](CC(=O)O)NC=CCc1ccc(OC)c(O)c1. The highest BCUT2D eigenvalue weighted by Crippen LogP contribution is 2.26. The van der Waals surface area contributed by atoms with Crippen LogP contribution in [0.25, 0.3) is 0 Å². The number of phenols is 1. The molecule has 9 nitrogen and oxygen atoms in total. The molecule has 4 N–H and O–H groups in total. The first kappa shape index (κ1) is 25.3. The van der Waals surface area contributed by atoms with E-state index in [9.17, 15) is 24.6 Å². The van der Waals surface area contributed by atoms with Gasteiger partial charge < -0.3 is 30.3 Å². The molecule has 2 atom stereocenters. The van der Waals surface area contributed by atoms with Crippen molar-refractivity contribution in [1.82, 2.24) is 10.6 Å². The fourth-order valence-corrected chi connectivity index (χ4v) is 3.10. The second kappa shape index (κ2) is 12.7. The molecule has 0 aliphatic heterocycles. The van der Waals surface area contributed by atoms with Crippen molar-refractivity contribution in [1.29, 1.82) is 0 Å². The normalized spacial score (nSPS) is 12.5. The van der Waals surface area contributed by atoms with Gasteiger partial charge in [-0.2, -0.15) is 0 Å². The van der Waals surface area contributed by atoms with Gasteiger partial charge in [0.2, 0.25) is 5.91 Å². The van der Waals surface area contributed by atoms with Crippen molar-refractivity contribution in [3.05, 3.63) is 71.9 Å². The van der Waals surface area contributed by atoms with Crippen molar-refractivity contribution < 1.29 is 34.1 Å². The Morgan fingerprint density at radius 3 is 2.36 bits per heavy atom. The first-order chi connectivity index (χ1) is 15.8. The van der Waals surface area contributed by atoms with E-state index in [2.05, 4.69) is 10.6 Å². The molecule has 2 rings (SSSR count). The Hall–Kier alpha value is -4.01. The highest BCUT2D eigenvalue weighted by atomic mass is 16.5. The Balaban J connectivity index is 2.03. The van der Waals surface area contributed by atoms with Crippen LogP contribution < -0.4 is 15.4 Å². The van der Waals surface area contributed by atoms with E-state index in [4.69, 9.17) is 9.47 Å². The van der Waals surface area contributed by atoms with E-state index in [1.54, 1.807) is 24.3 Å². The Morgan fingerprint density at radius 1 is 1.03 bits per heavy atom. The Bertz CT molecular complexity index is 976. The lowest BCUT2D eigenvalue weighted by molar-refractivity contribution is -0.145. The van der Waals surface area contributed by atoms with E-state index in [-0.39, 0.29) is 12.2 Å². The number of carboxylic acid groups (broad SMARTS) is 1. The minimum Gasteiger partial charge on any atom is -0.504 e. The number of allylic oxidation sites excluding steroid dienone is 1. The van der Waals surface area contributed by atoms with E-state index in [0.717, 1.165) is 11.1 Å². The number of hydrogen-bond donors (Lipinski definition) is 4. The van der Waals surface area contributed by atoms with Gasteiger partial charge in [-0.1, -0.05) is 42.5 Å². The van der Waals surface area contributed by atoms with E-state index in [0.29, 0.717) is 12.2 Å². The number of carbonyl (C=O) groups is 3. The van der Waals surface area contributed by atoms with Gasteiger partial charge in [0.15, 0.2) is 11.5 Å². The van der Waals surface area contributed by atoms with Crippen LogP contribution in [0, 0.1) is 0 Å². The van der Waals surface area contributed by atoms with Crippen LogP contribution in [-0.4, -0.2) is 54.4 Å². The smallest absolute Gasteiger partial charge is 0.328 e. The number of methoxy groups -OCH3 is 2. The molecule has 0 aromatic heterocycles. The summed E-state index contributed by atoms with van der Waals surface area (Å²) >= 11 is 0. The maximum Gasteiger partial charge on any atom is 0.328 e. The first-order valence-electron chi connectivity index (χ1n) is 10.2. The van der Waals surface area contributed by atoms with E-state index >= 15 is 0 Å². The monoisotopic (exact) mass is 456 g/mol. The van der Waals surface area contributed by atoms with Crippen LogP contribution in [-0.2, 0) is 32.0 Å². The third-order valence-electron chi connectivity index (χ3n) is 4.79. The molecule has 0 spiro atoms. The molecule has 0 fully saturated rings. The van der Waals surface area contributed by atoms with Crippen molar-refractivity contribution in [2.24, 2.45) is 0 Å². The average molecular weight is 456 g/mol. The maximum absolute atomic E-state index is 12.8. The van der Waals surface area contributed by atoms with Crippen LogP contribution in [0.2, 0.25) is 0 Å². The summed E-state index contributed by atoms with van der Waals surface area (Å²) in [5.41, 5.74) is 1.61. The highest BCUT2D eigenvalue weighted by molar-refractivity contribution is 5.90. The van der Waals surface area contributed by atoms with Gasteiger partial charge >= 0.3 is 11.9 Å². The van der Waals surface area contributed by atoms with Gasteiger partial charge in [-0.15, -0.1) is 0 Å². The predicted molar refractivity (Wildman–Crippen MR) is 121 cm³/mol.